The zero-order valence-electron chi connectivity index (χ0n) is 9.34. The lowest BCUT2D eigenvalue weighted by molar-refractivity contribution is -0.0508. The maximum Gasteiger partial charge on any atom is 0.142 e. The van der Waals surface area contributed by atoms with E-state index in [1.807, 2.05) is 6.07 Å². The number of morpholine rings is 1. The van der Waals surface area contributed by atoms with Gasteiger partial charge in [0.2, 0.25) is 0 Å². The first kappa shape index (κ1) is 12.0. The van der Waals surface area contributed by atoms with Crippen LogP contribution in [0.5, 0.6) is 0 Å². The highest BCUT2D eigenvalue weighted by molar-refractivity contribution is 9.09. The van der Waals surface area contributed by atoms with Crippen molar-refractivity contribution in [1.29, 1.82) is 0 Å². The van der Waals surface area contributed by atoms with Crippen molar-refractivity contribution in [2.45, 2.75) is 25.6 Å². The van der Waals surface area contributed by atoms with E-state index in [1.165, 1.54) is 0 Å². The quantitative estimate of drug-likeness (QED) is 0.789. The van der Waals surface area contributed by atoms with Crippen LogP contribution in [0.1, 0.15) is 12.7 Å². The predicted octanol–water partition coefficient (Wildman–Crippen LogP) is 1.46. The van der Waals surface area contributed by atoms with Gasteiger partial charge in [0.15, 0.2) is 0 Å². The van der Waals surface area contributed by atoms with Crippen LogP contribution < -0.4 is 0 Å². The first-order chi connectivity index (χ1) is 7.79. The molecule has 1 fully saturated rings. The minimum atomic E-state index is 0.278. The van der Waals surface area contributed by atoms with Crippen molar-refractivity contribution in [2.24, 2.45) is 0 Å². The van der Waals surface area contributed by atoms with Crippen LogP contribution in [0.25, 0.3) is 0 Å². The molecule has 1 aromatic rings. The number of alkyl halides is 1. The predicted molar refractivity (Wildman–Crippen MR) is 65.4 cm³/mol. The Morgan fingerprint density at radius 1 is 1.50 bits per heavy atom. The van der Waals surface area contributed by atoms with E-state index in [1.54, 1.807) is 12.4 Å². The van der Waals surface area contributed by atoms with Crippen LogP contribution in [0.3, 0.4) is 0 Å². The van der Waals surface area contributed by atoms with Crippen molar-refractivity contribution in [2.75, 3.05) is 18.5 Å². The number of nitrogens with zero attached hydrogens (tertiary/aromatic N) is 3. The maximum absolute atomic E-state index is 5.68. The van der Waals surface area contributed by atoms with Crippen LogP contribution in [0, 0.1) is 0 Å². The van der Waals surface area contributed by atoms with Gasteiger partial charge < -0.3 is 4.74 Å². The van der Waals surface area contributed by atoms with Crippen LogP contribution in [-0.2, 0) is 11.3 Å². The molecule has 0 aliphatic carbocycles. The van der Waals surface area contributed by atoms with Gasteiger partial charge in [0.05, 0.1) is 19.3 Å². The van der Waals surface area contributed by atoms with Crippen LogP contribution >= 0.6 is 15.9 Å². The van der Waals surface area contributed by atoms with Gasteiger partial charge in [0.25, 0.3) is 0 Å². The van der Waals surface area contributed by atoms with E-state index < -0.39 is 0 Å². The Bertz CT molecular complexity index is 322. The molecule has 0 amide bonds. The van der Waals surface area contributed by atoms with Crippen molar-refractivity contribution in [3.05, 3.63) is 24.3 Å². The highest BCUT2D eigenvalue weighted by Gasteiger charge is 2.25. The summed E-state index contributed by atoms with van der Waals surface area (Å²) in [6.07, 6.45) is 3.85. The van der Waals surface area contributed by atoms with Crippen molar-refractivity contribution >= 4 is 15.9 Å². The minimum absolute atomic E-state index is 0.278. The molecule has 1 aromatic heterocycles. The third kappa shape index (κ3) is 2.99. The van der Waals surface area contributed by atoms with Crippen molar-refractivity contribution in [1.82, 2.24) is 14.9 Å². The van der Waals surface area contributed by atoms with Crippen molar-refractivity contribution in [3.63, 3.8) is 0 Å². The lowest BCUT2D eigenvalue weighted by atomic mass is 10.2. The molecule has 0 saturated carbocycles. The third-order valence-corrected chi connectivity index (χ3v) is 3.49. The van der Waals surface area contributed by atoms with Gasteiger partial charge in [-0.25, -0.2) is 9.97 Å². The fraction of sp³-hybridized carbons (Fsp3) is 0.636. The van der Waals surface area contributed by atoms with E-state index in [-0.39, 0.29) is 6.10 Å². The SMILES string of the molecule is CC1COC(CBr)CN1Cc1ncccn1. The molecule has 0 bridgehead atoms. The fourth-order valence-corrected chi connectivity index (χ4v) is 2.17. The number of halogens is 1. The summed E-state index contributed by atoms with van der Waals surface area (Å²) < 4.78 is 5.68. The molecule has 2 heterocycles. The van der Waals surface area contributed by atoms with E-state index in [4.69, 9.17) is 4.74 Å². The molecular formula is C11H16BrN3O. The molecule has 0 radical (unpaired) electrons. The second-order valence-corrected chi connectivity index (χ2v) is 4.70. The van der Waals surface area contributed by atoms with Gasteiger partial charge in [0.1, 0.15) is 5.82 Å². The zero-order valence-corrected chi connectivity index (χ0v) is 10.9. The molecule has 1 saturated heterocycles. The van der Waals surface area contributed by atoms with E-state index in [2.05, 4.69) is 37.7 Å². The number of hydrogen-bond acceptors (Lipinski definition) is 4. The van der Waals surface area contributed by atoms with Gasteiger partial charge in [0, 0.05) is 30.3 Å². The highest BCUT2D eigenvalue weighted by Crippen LogP contribution is 2.14. The van der Waals surface area contributed by atoms with Crippen molar-refractivity contribution in [3.8, 4) is 0 Å². The van der Waals surface area contributed by atoms with Gasteiger partial charge in [-0.3, -0.25) is 4.90 Å². The summed E-state index contributed by atoms with van der Waals surface area (Å²) in [6, 6.07) is 2.27. The number of aromatic nitrogens is 2. The molecule has 2 unspecified atom stereocenters. The maximum atomic E-state index is 5.68. The number of rotatable bonds is 3. The van der Waals surface area contributed by atoms with Crippen LogP contribution in [-0.4, -0.2) is 45.5 Å². The highest BCUT2D eigenvalue weighted by atomic mass is 79.9. The summed E-state index contributed by atoms with van der Waals surface area (Å²) in [4.78, 5) is 10.9. The Balaban J connectivity index is 1.97. The number of ether oxygens (including phenoxy) is 1. The average molecular weight is 286 g/mol. The van der Waals surface area contributed by atoms with E-state index in [9.17, 15) is 0 Å². The topological polar surface area (TPSA) is 38.2 Å². The summed E-state index contributed by atoms with van der Waals surface area (Å²) in [7, 11) is 0. The summed E-state index contributed by atoms with van der Waals surface area (Å²) in [5.74, 6) is 0.879. The minimum Gasteiger partial charge on any atom is -0.374 e. The molecule has 4 nitrogen and oxygen atoms in total. The molecule has 16 heavy (non-hydrogen) atoms. The summed E-state index contributed by atoms with van der Waals surface area (Å²) >= 11 is 3.46. The number of hydrogen-bond donors (Lipinski definition) is 0. The van der Waals surface area contributed by atoms with Gasteiger partial charge in [-0.2, -0.15) is 0 Å². The summed E-state index contributed by atoms with van der Waals surface area (Å²) in [5.41, 5.74) is 0. The molecule has 1 aliphatic rings. The first-order valence-corrected chi connectivity index (χ1v) is 6.59. The molecule has 1 aliphatic heterocycles. The van der Waals surface area contributed by atoms with Crippen LogP contribution in [0.15, 0.2) is 18.5 Å². The Morgan fingerprint density at radius 2 is 2.25 bits per heavy atom. The van der Waals surface area contributed by atoms with Crippen LogP contribution in [0.2, 0.25) is 0 Å². The smallest absolute Gasteiger partial charge is 0.142 e. The molecule has 2 rings (SSSR count). The second-order valence-electron chi connectivity index (χ2n) is 4.05. The van der Waals surface area contributed by atoms with Gasteiger partial charge in [-0.15, -0.1) is 0 Å². The molecule has 5 heteroatoms. The molecule has 2 atom stereocenters. The molecular weight excluding hydrogens is 270 g/mol. The average Bonchev–Trinajstić information content (AvgIpc) is 2.33. The van der Waals surface area contributed by atoms with E-state index in [0.29, 0.717) is 6.04 Å². The normalized spacial score (nSPS) is 26.9. The molecule has 88 valence electrons. The standard InChI is InChI=1S/C11H16BrN3O/c1-9-8-16-10(5-12)6-15(9)7-11-13-3-2-4-14-11/h2-4,9-10H,5-8H2,1H3. The fourth-order valence-electron chi connectivity index (χ4n) is 1.78. The lowest BCUT2D eigenvalue weighted by Gasteiger charge is -2.36. The Labute approximate surface area is 104 Å². The monoisotopic (exact) mass is 285 g/mol. The lowest BCUT2D eigenvalue weighted by Crippen LogP contribution is -2.48. The van der Waals surface area contributed by atoms with Crippen LogP contribution in [0.4, 0.5) is 0 Å². The summed E-state index contributed by atoms with van der Waals surface area (Å²) in [5, 5.41) is 0.881. The molecule has 0 spiro atoms. The third-order valence-electron chi connectivity index (χ3n) is 2.77. The second kappa shape index (κ2) is 5.70. The van der Waals surface area contributed by atoms with Crippen molar-refractivity contribution < 1.29 is 4.74 Å². The van der Waals surface area contributed by atoms with Gasteiger partial charge in [-0.05, 0) is 13.0 Å². The van der Waals surface area contributed by atoms with E-state index in [0.717, 1.165) is 30.9 Å². The molecule has 0 aromatic carbocycles. The zero-order chi connectivity index (χ0) is 11.4. The largest absolute Gasteiger partial charge is 0.374 e. The Kier molecular flexibility index (Phi) is 4.26. The first-order valence-electron chi connectivity index (χ1n) is 5.47. The molecule has 0 N–H and O–H groups in total. The van der Waals surface area contributed by atoms with E-state index >= 15 is 0 Å². The Morgan fingerprint density at radius 3 is 2.94 bits per heavy atom. The Hall–Kier alpha value is -0.520. The van der Waals surface area contributed by atoms with Gasteiger partial charge >= 0.3 is 0 Å². The van der Waals surface area contributed by atoms with Gasteiger partial charge in [-0.1, -0.05) is 15.9 Å². The summed E-state index contributed by atoms with van der Waals surface area (Å²) in [6.45, 7) is 4.69.